The van der Waals surface area contributed by atoms with Crippen LogP contribution in [0.2, 0.25) is 0 Å². The van der Waals surface area contributed by atoms with E-state index in [0.29, 0.717) is 0 Å². The van der Waals surface area contributed by atoms with Gasteiger partial charge in [0.05, 0.1) is 0 Å². The second-order valence-electron chi connectivity index (χ2n) is 4.53. The largest absolute Gasteiger partial charge is 0.336 e. The van der Waals surface area contributed by atoms with Crippen molar-refractivity contribution in [2.24, 2.45) is 0 Å². The molecule has 4 heteroatoms. The number of urea groups is 1. The van der Waals surface area contributed by atoms with Gasteiger partial charge in [0.15, 0.2) is 0 Å². The van der Waals surface area contributed by atoms with E-state index in [1.807, 2.05) is 31.7 Å². The minimum atomic E-state index is -0.136. The zero-order valence-electron chi connectivity index (χ0n) is 10.2. The van der Waals surface area contributed by atoms with Gasteiger partial charge in [0.1, 0.15) is 0 Å². The van der Waals surface area contributed by atoms with Crippen molar-refractivity contribution >= 4 is 23.5 Å². The van der Waals surface area contributed by atoms with E-state index in [9.17, 15) is 4.79 Å². The molecule has 2 rings (SSSR count). The number of hydrogen-bond donors (Lipinski definition) is 2. The lowest BCUT2D eigenvalue weighted by atomic mass is 10.1. The number of aryl methyl sites for hydroxylation is 1. The van der Waals surface area contributed by atoms with Gasteiger partial charge in [-0.2, -0.15) is 0 Å². The highest BCUT2D eigenvalue weighted by Gasteiger charge is 2.11. The third-order valence-corrected chi connectivity index (χ3v) is 3.79. The fourth-order valence-electron chi connectivity index (χ4n) is 1.87. The Labute approximate surface area is 106 Å². The molecule has 1 heterocycles. The van der Waals surface area contributed by atoms with Crippen LogP contribution >= 0.6 is 11.8 Å². The molecule has 0 bridgehead atoms. The molecule has 0 atom stereocenters. The molecular weight excluding hydrogens is 232 g/mol. The molecule has 92 valence electrons. The molecule has 0 radical (unpaired) electrons. The van der Waals surface area contributed by atoms with Crippen molar-refractivity contribution in [2.45, 2.75) is 37.6 Å². The molecular formula is C13H18N2OS. The van der Waals surface area contributed by atoms with Crippen LogP contribution in [0.3, 0.4) is 0 Å². The van der Waals surface area contributed by atoms with E-state index in [1.54, 1.807) is 0 Å². The van der Waals surface area contributed by atoms with E-state index < -0.39 is 0 Å². The Kier molecular flexibility index (Phi) is 3.94. The zero-order valence-corrected chi connectivity index (χ0v) is 11.1. The van der Waals surface area contributed by atoms with Crippen LogP contribution in [0, 0.1) is 0 Å². The van der Waals surface area contributed by atoms with Gasteiger partial charge < -0.3 is 10.6 Å². The van der Waals surface area contributed by atoms with E-state index in [0.717, 1.165) is 12.1 Å². The van der Waals surface area contributed by atoms with Crippen molar-refractivity contribution in [2.75, 3.05) is 11.1 Å². The van der Waals surface area contributed by atoms with Crippen molar-refractivity contribution in [1.82, 2.24) is 5.32 Å². The number of nitrogens with one attached hydrogen (secondary N) is 2. The van der Waals surface area contributed by atoms with Gasteiger partial charge in [0, 0.05) is 16.6 Å². The van der Waals surface area contributed by atoms with Crippen LogP contribution in [0.1, 0.15) is 25.8 Å². The van der Waals surface area contributed by atoms with Gasteiger partial charge in [0.2, 0.25) is 0 Å². The molecule has 0 saturated heterocycles. The third-order valence-electron chi connectivity index (χ3n) is 2.59. The lowest BCUT2D eigenvalue weighted by Gasteiger charge is -2.17. The summed E-state index contributed by atoms with van der Waals surface area (Å²) in [5.41, 5.74) is 2.23. The molecule has 1 aliphatic rings. The summed E-state index contributed by atoms with van der Waals surface area (Å²) in [7, 11) is 0. The smallest absolute Gasteiger partial charge is 0.319 e. The number of amides is 2. The van der Waals surface area contributed by atoms with Crippen LogP contribution in [-0.4, -0.2) is 17.8 Å². The number of hydrogen-bond acceptors (Lipinski definition) is 2. The molecule has 0 saturated carbocycles. The molecule has 0 unspecified atom stereocenters. The van der Waals surface area contributed by atoms with Crippen LogP contribution < -0.4 is 10.6 Å². The highest BCUT2D eigenvalue weighted by molar-refractivity contribution is 7.99. The summed E-state index contributed by atoms with van der Waals surface area (Å²) >= 11 is 1.90. The lowest BCUT2D eigenvalue weighted by Crippen LogP contribution is -2.34. The molecule has 1 aromatic carbocycles. The average Bonchev–Trinajstić information content (AvgIpc) is 2.27. The molecule has 0 aromatic heterocycles. The first-order chi connectivity index (χ1) is 8.15. The second-order valence-corrected chi connectivity index (χ2v) is 5.66. The highest BCUT2D eigenvalue weighted by atomic mass is 32.2. The van der Waals surface area contributed by atoms with Gasteiger partial charge in [-0.15, -0.1) is 11.8 Å². The Morgan fingerprint density at radius 2 is 2.24 bits per heavy atom. The molecule has 1 aliphatic heterocycles. The fraction of sp³-hybridized carbons (Fsp3) is 0.462. The van der Waals surface area contributed by atoms with Crippen molar-refractivity contribution < 1.29 is 4.79 Å². The zero-order chi connectivity index (χ0) is 12.3. The molecule has 0 fully saturated rings. The molecule has 3 nitrogen and oxygen atoms in total. The van der Waals surface area contributed by atoms with Gasteiger partial charge in [0.25, 0.3) is 0 Å². The van der Waals surface area contributed by atoms with Gasteiger partial charge in [-0.1, -0.05) is 0 Å². The topological polar surface area (TPSA) is 41.1 Å². The summed E-state index contributed by atoms with van der Waals surface area (Å²) in [4.78, 5) is 12.9. The Hall–Kier alpha value is -1.16. The van der Waals surface area contributed by atoms with Crippen LogP contribution in [0.4, 0.5) is 10.5 Å². The maximum absolute atomic E-state index is 11.6. The molecule has 0 spiro atoms. The molecule has 2 amide bonds. The molecule has 2 N–H and O–H groups in total. The number of fused-ring (bicyclic) bond motifs is 1. The van der Waals surface area contributed by atoms with Crippen molar-refractivity contribution in [3.8, 4) is 0 Å². The number of rotatable bonds is 2. The standard InChI is InChI=1S/C13H18N2OS/c1-9(2)14-13(16)15-11-5-6-12-10(8-11)4-3-7-17-12/h5-6,8-9H,3-4,7H2,1-2H3,(H2,14,15,16). The summed E-state index contributed by atoms with van der Waals surface area (Å²) in [6.45, 7) is 3.89. The Balaban J connectivity index is 2.04. The second kappa shape index (κ2) is 5.45. The van der Waals surface area contributed by atoms with Crippen molar-refractivity contribution in [3.05, 3.63) is 23.8 Å². The van der Waals surface area contributed by atoms with Gasteiger partial charge in [-0.3, -0.25) is 0 Å². The Morgan fingerprint density at radius 1 is 1.41 bits per heavy atom. The first-order valence-corrected chi connectivity index (χ1v) is 6.97. The van der Waals surface area contributed by atoms with E-state index in [1.165, 1.54) is 22.6 Å². The Morgan fingerprint density at radius 3 is 3.00 bits per heavy atom. The summed E-state index contributed by atoms with van der Waals surface area (Å²) in [5.74, 6) is 1.20. The fourth-order valence-corrected chi connectivity index (χ4v) is 2.89. The normalized spacial score (nSPS) is 14.3. The maximum Gasteiger partial charge on any atom is 0.319 e. The number of benzene rings is 1. The van der Waals surface area contributed by atoms with E-state index >= 15 is 0 Å². The molecule has 17 heavy (non-hydrogen) atoms. The quantitative estimate of drug-likeness (QED) is 0.846. The van der Waals surface area contributed by atoms with E-state index in [4.69, 9.17) is 0 Å². The number of thioether (sulfide) groups is 1. The maximum atomic E-state index is 11.6. The number of anilines is 1. The number of carbonyl (C=O) groups excluding carboxylic acids is 1. The monoisotopic (exact) mass is 250 g/mol. The van der Waals surface area contributed by atoms with E-state index in [2.05, 4.69) is 22.8 Å². The van der Waals surface area contributed by atoms with Gasteiger partial charge in [-0.25, -0.2) is 4.79 Å². The Bertz CT molecular complexity index is 418. The molecule has 1 aromatic rings. The first-order valence-electron chi connectivity index (χ1n) is 5.98. The van der Waals surface area contributed by atoms with Crippen LogP contribution in [0.5, 0.6) is 0 Å². The van der Waals surface area contributed by atoms with Crippen molar-refractivity contribution in [3.63, 3.8) is 0 Å². The summed E-state index contributed by atoms with van der Waals surface area (Å²) in [6, 6.07) is 6.18. The SMILES string of the molecule is CC(C)NC(=O)Nc1ccc2c(c1)CCCS2. The lowest BCUT2D eigenvalue weighted by molar-refractivity contribution is 0.250. The van der Waals surface area contributed by atoms with Crippen LogP contribution in [-0.2, 0) is 6.42 Å². The van der Waals surface area contributed by atoms with Gasteiger partial charge in [-0.05, 0) is 56.2 Å². The summed E-state index contributed by atoms with van der Waals surface area (Å²) in [5, 5.41) is 5.68. The van der Waals surface area contributed by atoms with Gasteiger partial charge >= 0.3 is 6.03 Å². The summed E-state index contributed by atoms with van der Waals surface area (Å²) < 4.78 is 0. The van der Waals surface area contributed by atoms with Crippen LogP contribution in [0.25, 0.3) is 0 Å². The predicted octanol–water partition coefficient (Wildman–Crippen LogP) is 3.25. The average molecular weight is 250 g/mol. The third kappa shape index (κ3) is 3.40. The minimum absolute atomic E-state index is 0.136. The van der Waals surface area contributed by atoms with Crippen LogP contribution in [0.15, 0.2) is 23.1 Å². The minimum Gasteiger partial charge on any atom is -0.336 e. The predicted molar refractivity (Wildman–Crippen MR) is 72.8 cm³/mol. The van der Waals surface area contributed by atoms with Crippen molar-refractivity contribution in [1.29, 1.82) is 0 Å². The van der Waals surface area contributed by atoms with E-state index in [-0.39, 0.29) is 12.1 Å². The highest BCUT2D eigenvalue weighted by Crippen LogP contribution is 2.31. The first kappa shape index (κ1) is 12.3. The summed E-state index contributed by atoms with van der Waals surface area (Å²) in [6.07, 6.45) is 2.34. The molecule has 0 aliphatic carbocycles. The number of carbonyl (C=O) groups is 1.